The molecular weight excluding hydrogens is 298 g/mol. The summed E-state index contributed by atoms with van der Waals surface area (Å²) in [4.78, 5) is 12.2. The van der Waals surface area contributed by atoms with E-state index in [1.165, 1.54) is 18.4 Å². The summed E-state index contributed by atoms with van der Waals surface area (Å²) in [5, 5.41) is 6.43. The van der Waals surface area contributed by atoms with E-state index in [4.69, 9.17) is 5.73 Å². The van der Waals surface area contributed by atoms with Crippen LogP contribution in [0.25, 0.3) is 0 Å². The van der Waals surface area contributed by atoms with E-state index in [2.05, 4.69) is 55.7 Å². The largest absolute Gasteiger partial charge is 0.354 e. The van der Waals surface area contributed by atoms with Crippen molar-refractivity contribution in [1.82, 2.24) is 10.6 Å². The van der Waals surface area contributed by atoms with Gasteiger partial charge in [-0.1, -0.05) is 45.0 Å². The van der Waals surface area contributed by atoms with Crippen molar-refractivity contribution in [1.29, 1.82) is 0 Å². The molecule has 3 atom stereocenters. The molecule has 1 fully saturated rings. The number of carbonyl (C=O) groups is 1. The van der Waals surface area contributed by atoms with Crippen molar-refractivity contribution in [2.75, 3.05) is 19.6 Å². The van der Waals surface area contributed by atoms with E-state index in [1.807, 2.05) is 0 Å². The summed E-state index contributed by atoms with van der Waals surface area (Å²) in [5.41, 5.74) is 8.60. The zero-order valence-corrected chi connectivity index (χ0v) is 15.3. The maximum atomic E-state index is 12.2. The van der Waals surface area contributed by atoms with Crippen LogP contribution in [0.15, 0.2) is 24.3 Å². The molecule has 4 nitrogen and oxygen atoms in total. The summed E-state index contributed by atoms with van der Waals surface area (Å²) in [5.74, 6) is 1.66. The van der Waals surface area contributed by atoms with E-state index < -0.39 is 0 Å². The number of benzene rings is 1. The highest BCUT2D eigenvalue weighted by molar-refractivity contribution is 5.76. The van der Waals surface area contributed by atoms with Crippen molar-refractivity contribution in [2.45, 2.75) is 52.0 Å². The first-order valence-corrected chi connectivity index (χ1v) is 9.30. The van der Waals surface area contributed by atoms with Gasteiger partial charge in [-0.25, -0.2) is 0 Å². The number of piperidine rings is 1. The zero-order valence-electron chi connectivity index (χ0n) is 15.3. The highest BCUT2D eigenvalue weighted by Crippen LogP contribution is 2.22. The van der Waals surface area contributed by atoms with Gasteiger partial charge in [-0.05, 0) is 54.8 Å². The van der Waals surface area contributed by atoms with Gasteiger partial charge in [0.2, 0.25) is 5.91 Å². The monoisotopic (exact) mass is 331 g/mol. The fourth-order valence-corrected chi connectivity index (χ4v) is 3.37. The van der Waals surface area contributed by atoms with Crippen LogP contribution in [0.5, 0.6) is 0 Å². The quantitative estimate of drug-likeness (QED) is 0.719. The Balaban J connectivity index is 1.75. The van der Waals surface area contributed by atoms with E-state index >= 15 is 0 Å². The molecule has 134 valence electrons. The molecule has 24 heavy (non-hydrogen) atoms. The SMILES string of the molecule is CC(C)c1ccc(C(N)CNC(=O)CC(C)C2CCCNC2)cc1. The summed E-state index contributed by atoms with van der Waals surface area (Å²) >= 11 is 0. The van der Waals surface area contributed by atoms with Gasteiger partial charge in [-0.3, -0.25) is 4.79 Å². The normalized spacial score (nSPS) is 20.6. The third-order valence-electron chi connectivity index (χ3n) is 5.20. The maximum absolute atomic E-state index is 12.2. The number of nitrogens with two attached hydrogens (primary N) is 1. The van der Waals surface area contributed by atoms with Crippen LogP contribution in [0.2, 0.25) is 0 Å². The van der Waals surface area contributed by atoms with E-state index in [1.54, 1.807) is 0 Å². The first kappa shape index (κ1) is 18.9. The molecule has 3 unspecified atom stereocenters. The van der Waals surface area contributed by atoms with Crippen LogP contribution in [-0.4, -0.2) is 25.5 Å². The number of rotatable bonds is 7. The van der Waals surface area contributed by atoms with Crippen LogP contribution in [0.1, 0.15) is 63.1 Å². The van der Waals surface area contributed by atoms with Crippen molar-refractivity contribution in [3.63, 3.8) is 0 Å². The average molecular weight is 332 g/mol. The van der Waals surface area contributed by atoms with Gasteiger partial charge in [0.1, 0.15) is 0 Å². The Morgan fingerprint density at radius 1 is 1.25 bits per heavy atom. The predicted octanol–water partition coefficient (Wildman–Crippen LogP) is 2.95. The number of nitrogens with one attached hydrogen (secondary N) is 2. The second kappa shape index (κ2) is 9.19. The standard InChI is InChI=1S/C20H33N3O/c1-14(2)16-6-8-17(9-7-16)19(21)13-23-20(24)11-15(3)18-5-4-10-22-12-18/h6-9,14-15,18-19,22H,4-5,10-13,21H2,1-3H3,(H,23,24). The minimum absolute atomic E-state index is 0.113. The summed E-state index contributed by atoms with van der Waals surface area (Å²) in [7, 11) is 0. The van der Waals surface area contributed by atoms with E-state index in [-0.39, 0.29) is 11.9 Å². The molecule has 2 rings (SSSR count). The van der Waals surface area contributed by atoms with E-state index in [0.29, 0.717) is 30.7 Å². The fraction of sp³-hybridized carbons (Fsp3) is 0.650. The molecule has 0 radical (unpaired) electrons. The first-order chi connectivity index (χ1) is 11.5. The van der Waals surface area contributed by atoms with Crippen LogP contribution in [-0.2, 0) is 4.79 Å². The highest BCUT2D eigenvalue weighted by atomic mass is 16.1. The molecule has 1 amide bonds. The summed E-state index contributed by atoms with van der Waals surface area (Å²) < 4.78 is 0. The molecule has 4 N–H and O–H groups in total. The van der Waals surface area contributed by atoms with Crippen LogP contribution in [0.3, 0.4) is 0 Å². The Bertz CT molecular complexity index is 506. The Hall–Kier alpha value is -1.39. The third kappa shape index (κ3) is 5.60. The Morgan fingerprint density at radius 2 is 1.92 bits per heavy atom. The minimum Gasteiger partial charge on any atom is -0.354 e. The lowest BCUT2D eigenvalue weighted by Crippen LogP contribution is -2.37. The number of carbonyl (C=O) groups excluding carboxylic acids is 1. The second-order valence-corrected chi connectivity index (χ2v) is 7.52. The first-order valence-electron chi connectivity index (χ1n) is 9.30. The second-order valence-electron chi connectivity index (χ2n) is 7.52. The van der Waals surface area contributed by atoms with Gasteiger partial charge >= 0.3 is 0 Å². The minimum atomic E-state index is -0.151. The van der Waals surface area contributed by atoms with Gasteiger partial charge in [0.05, 0.1) is 0 Å². The Morgan fingerprint density at radius 3 is 2.50 bits per heavy atom. The summed E-state index contributed by atoms with van der Waals surface area (Å²) in [6.07, 6.45) is 3.03. The van der Waals surface area contributed by atoms with Gasteiger partial charge in [0.25, 0.3) is 0 Å². The fourth-order valence-electron chi connectivity index (χ4n) is 3.37. The van der Waals surface area contributed by atoms with Crippen molar-refractivity contribution < 1.29 is 4.79 Å². The molecule has 1 aliphatic heterocycles. The number of amides is 1. The predicted molar refractivity (Wildman–Crippen MR) is 99.8 cm³/mol. The molecule has 1 aliphatic rings. The van der Waals surface area contributed by atoms with Crippen molar-refractivity contribution >= 4 is 5.91 Å². The molecule has 0 bridgehead atoms. The average Bonchev–Trinajstić information content (AvgIpc) is 2.60. The van der Waals surface area contributed by atoms with Crippen molar-refractivity contribution in [2.24, 2.45) is 17.6 Å². The molecule has 0 saturated carbocycles. The summed E-state index contributed by atoms with van der Waals surface area (Å²) in [6, 6.07) is 8.24. The van der Waals surface area contributed by atoms with Gasteiger partial charge in [-0.2, -0.15) is 0 Å². The number of hydrogen-bond acceptors (Lipinski definition) is 3. The topological polar surface area (TPSA) is 67.1 Å². The molecule has 0 aliphatic carbocycles. The van der Waals surface area contributed by atoms with Gasteiger partial charge in [0.15, 0.2) is 0 Å². The molecule has 0 aromatic heterocycles. The zero-order chi connectivity index (χ0) is 17.5. The molecular formula is C20H33N3O. The van der Waals surface area contributed by atoms with Crippen LogP contribution in [0, 0.1) is 11.8 Å². The summed E-state index contributed by atoms with van der Waals surface area (Å²) in [6.45, 7) is 9.18. The van der Waals surface area contributed by atoms with E-state index in [0.717, 1.165) is 18.7 Å². The van der Waals surface area contributed by atoms with Crippen LogP contribution >= 0.6 is 0 Å². The smallest absolute Gasteiger partial charge is 0.220 e. The molecule has 0 spiro atoms. The lowest BCUT2D eigenvalue weighted by atomic mass is 9.85. The lowest BCUT2D eigenvalue weighted by Gasteiger charge is -2.28. The Labute approximate surface area is 146 Å². The van der Waals surface area contributed by atoms with Crippen LogP contribution in [0.4, 0.5) is 0 Å². The number of hydrogen-bond donors (Lipinski definition) is 3. The maximum Gasteiger partial charge on any atom is 0.220 e. The molecule has 4 heteroatoms. The van der Waals surface area contributed by atoms with Crippen LogP contribution < -0.4 is 16.4 Å². The van der Waals surface area contributed by atoms with E-state index in [9.17, 15) is 4.79 Å². The third-order valence-corrected chi connectivity index (χ3v) is 5.20. The molecule has 1 saturated heterocycles. The van der Waals surface area contributed by atoms with Gasteiger partial charge < -0.3 is 16.4 Å². The van der Waals surface area contributed by atoms with Crippen molar-refractivity contribution in [3.05, 3.63) is 35.4 Å². The Kier molecular flexibility index (Phi) is 7.25. The molecule has 1 aromatic rings. The van der Waals surface area contributed by atoms with Crippen molar-refractivity contribution in [3.8, 4) is 0 Å². The highest BCUT2D eigenvalue weighted by Gasteiger charge is 2.22. The molecule has 1 heterocycles. The lowest BCUT2D eigenvalue weighted by molar-refractivity contribution is -0.122. The van der Waals surface area contributed by atoms with Gasteiger partial charge in [-0.15, -0.1) is 0 Å². The van der Waals surface area contributed by atoms with Gasteiger partial charge in [0, 0.05) is 19.0 Å². The molecule has 1 aromatic carbocycles.